The number of fused-ring (bicyclic) bond motifs is 1. The summed E-state index contributed by atoms with van der Waals surface area (Å²) in [7, 11) is 0. The number of benzene rings is 2. The summed E-state index contributed by atoms with van der Waals surface area (Å²) in [4.78, 5) is 14.9. The number of para-hydroxylation sites is 1. The Morgan fingerprint density at radius 1 is 1.11 bits per heavy atom. The molecule has 19 heavy (non-hydrogen) atoms. The van der Waals surface area contributed by atoms with Crippen molar-refractivity contribution in [3.8, 4) is 0 Å². The van der Waals surface area contributed by atoms with Crippen LogP contribution < -0.4 is 5.32 Å². The summed E-state index contributed by atoms with van der Waals surface area (Å²) in [6.45, 7) is 0. The van der Waals surface area contributed by atoms with Crippen LogP contribution in [0.15, 0.2) is 48.5 Å². The molecular weight excluding hydrogens is 262 g/mol. The number of thiazole rings is 1. The lowest BCUT2D eigenvalue weighted by Gasteiger charge is -1.99. The molecule has 2 aromatic carbocycles. The second kappa shape index (κ2) is 4.66. The maximum absolute atomic E-state index is 10.9. The molecule has 0 saturated carbocycles. The summed E-state index contributed by atoms with van der Waals surface area (Å²) in [6, 6.07) is 14.5. The fourth-order valence-electron chi connectivity index (χ4n) is 1.78. The number of rotatable bonds is 3. The minimum atomic E-state index is -0.382. The Labute approximate surface area is 112 Å². The fraction of sp³-hybridized carbons (Fsp3) is 0. The van der Waals surface area contributed by atoms with Crippen LogP contribution in [0.2, 0.25) is 0 Å². The Morgan fingerprint density at radius 2 is 1.89 bits per heavy atom. The first kappa shape index (κ1) is 11.6. The Balaban J connectivity index is 2.03. The first-order chi connectivity index (χ1) is 9.24. The highest BCUT2D eigenvalue weighted by Crippen LogP contribution is 2.34. The molecule has 3 aromatic rings. The molecule has 1 heterocycles. The van der Waals surface area contributed by atoms with Crippen molar-refractivity contribution in [2.75, 3.05) is 5.32 Å². The van der Waals surface area contributed by atoms with Crippen molar-refractivity contribution in [2.45, 2.75) is 0 Å². The first-order valence-corrected chi connectivity index (χ1v) is 6.42. The van der Waals surface area contributed by atoms with Crippen molar-refractivity contribution < 1.29 is 4.92 Å². The third kappa shape index (κ3) is 2.25. The number of hydrogen-bond donors (Lipinski definition) is 1. The summed E-state index contributed by atoms with van der Waals surface area (Å²) in [6.07, 6.45) is 0. The molecule has 3 rings (SSSR count). The number of hydrogen-bond acceptors (Lipinski definition) is 5. The van der Waals surface area contributed by atoms with Crippen LogP contribution in [-0.4, -0.2) is 9.91 Å². The van der Waals surface area contributed by atoms with Gasteiger partial charge in [-0.3, -0.25) is 10.1 Å². The van der Waals surface area contributed by atoms with Gasteiger partial charge in [0.25, 0.3) is 5.69 Å². The second-order valence-corrected chi connectivity index (χ2v) is 4.89. The zero-order valence-electron chi connectivity index (χ0n) is 9.74. The van der Waals surface area contributed by atoms with Crippen LogP contribution in [0.4, 0.5) is 16.5 Å². The van der Waals surface area contributed by atoms with Crippen LogP contribution in [0.3, 0.4) is 0 Å². The van der Waals surface area contributed by atoms with E-state index in [2.05, 4.69) is 10.3 Å². The van der Waals surface area contributed by atoms with E-state index in [4.69, 9.17) is 0 Å². The smallest absolute Gasteiger partial charge is 0.288 e. The number of nitrogens with zero attached hydrogens (tertiary/aromatic N) is 2. The maximum atomic E-state index is 10.9. The highest BCUT2D eigenvalue weighted by molar-refractivity contribution is 7.22. The molecule has 0 bridgehead atoms. The lowest BCUT2D eigenvalue weighted by Crippen LogP contribution is -1.87. The molecule has 0 amide bonds. The highest BCUT2D eigenvalue weighted by Gasteiger charge is 2.15. The minimum absolute atomic E-state index is 0.0936. The molecule has 0 spiro atoms. The lowest BCUT2D eigenvalue weighted by atomic mass is 10.3. The molecule has 6 heteroatoms. The number of aromatic nitrogens is 1. The fourth-order valence-corrected chi connectivity index (χ4v) is 2.75. The summed E-state index contributed by atoms with van der Waals surface area (Å²) in [5, 5.41) is 14.7. The van der Waals surface area contributed by atoms with Gasteiger partial charge in [-0.1, -0.05) is 35.6 Å². The molecule has 94 valence electrons. The van der Waals surface area contributed by atoms with Crippen molar-refractivity contribution >= 4 is 38.1 Å². The molecular formula is C13H9N3O2S. The first-order valence-electron chi connectivity index (χ1n) is 5.60. The zero-order chi connectivity index (χ0) is 13.2. The predicted octanol–water partition coefficient (Wildman–Crippen LogP) is 3.95. The van der Waals surface area contributed by atoms with Gasteiger partial charge in [0.2, 0.25) is 0 Å². The molecule has 0 aliphatic carbocycles. The van der Waals surface area contributed by atoms with E-state index in [1.54, 1.807) is 12.1 Å². The van der Waals surface area contributed by atoms with Gasteiger partial charge in [0.05, 0.1) is 10.4 Å². The van der Waals surface area contributed by atoms with Crippen molar-refractivity contribution in [1.29, 1.82) is 0 Å². The van der Waals surface area contributed by atoms with Crippen LogP contribution in [-0.2, 0) is 0 Å². The summed E-state index contributed by atoms with van der Waals surface area (Å²) < 4.78 is 0.589. The Kier molecular flexibility index (Phi) is 2.85. The summed E-state index contributed by atoms with van der Waals surface area (Å²) in [5.74, 6) is 0. The van der Waals surface area contributed by atoms with E-state index in [0.717, 1.165) is 5.69 Å². The standard InChI is InChI=1S/C13H9N3O2S/c17-16(18)11-8-4-7-10-12(11)19-13(15-10)14-9-5-2-1-3-6-9/h1-8H,(H,14,15). The van der Waals surface area contributed by atoms with Crippen molar-refractivity contribution in [3.63, 3.8) is 0 Å². The van der Waals surface area contributed by atoms with E-state index >= 15 is 0 Å². The third-order valence-corrected chi connectivity index (χ3v) is 3.63. The van der Waals surface area contributed by atoms with E-state index in [9.17, 15) is 10.1 Å². The van der Waals surface area contributed by atoms with Gasteiger partial charge in [-0.15, -0.1) is 0 Å². The van der Waals surface area contributed by atoms with Crippen LogP contribution >= 0.6 is 11.3 Å². The monoisotopic (exact) mass is 271 g/mol. The molecule has 1 N–H and O–H groups in total. The Morgan fingerprint density at radius 3 is 2.63 bits per heavy atom. The molecule has 5 nitrogen and oxygen atoms in total. The van der Waals surface area contributed by atoms with E-state index < -0.39 is 0 Å². The van der Waals surface area contributed by atoms with Gasteiger partial charge in [-0.2, -0.15) is 0 Å². The number of nitrogens with one attached hydrogen (secondary N) is 1. The van der Waals surface area contributed by atoms with Gasteiger partial charge in [0.15, 0.2) is 5.13 Å². The van der Waals surface area contributed by atoms with E-state index in [1.807, 2.05) is 30.3 Å². The normalized spacial score (nSPS) is 10.5. The van der Waals surface area contributed by atoms with Gasteiger partial charge in [-0.05, 0) is 18.2 Å². The minimum Gasteiger partial charge on any atom is -0.332 e. The van der Waals surface area contributed by atoms with Gasteiger partial charge in [0, 0.05) is 11.8 Å². The summed E-state index contributed by atoms with van der Waals surface area (Å²) >= 11 is 1.28. The van der Waals surface area contributed by atoms with Crippen LogP contribution in [0.1, 0.15) is 0 Å². The van der Waals surface area contributed by atoms with E-state index in [-0.39, 0.29) is 10.6 Å². The number of nitro benzene ring substituents is 1. The highest BCUT2D eigenvalue weighted by atomic mass is 32.1. The SMILES string of the molecule is O=[N+]([O-])c1cccc2nc(Nc3ccccc3)sc12. The molecule has 0 radical (unpaired) electrons. The van der Waals surface area contributed by atoms with Crippen molar-refractivity contribution in [1.82, 2.24) is 4.98 Å². The average molecular weight is 271 g/mol. The van der Waals surface area contributed by atoms with Gasteiger partial charge in [0.1, 0.15) is 4.70 Å². The number of anilines is 2. The quantitative estimate of drug-likeness (QED) is 0.578. The van der Waals surface area contributed by atoms with Gasteiger partial charge >= 0.3 is 0 Å². The molecule has 0 aliphatic rings. The topological polar surface area (TPSA) is 68.1 Å². The zero-order valence-corrected chi connectivity index (χ0v) is 10.6. The lowest BCUT2D eigenvalue weighted by molar-refractivity contribution is -0.382. The predicted molar refractivity (Wildman–Crippen MR) is 76.0 cm³/mol. The van der Waals surface area contributed by atoms with Gasteiger partial charge in [-0.25, -0.2) is 4.98 Å². The third-order valence-electron chi connectivity index (χ3n) is 2.62. The molecule has 0 atom stereocenters. The van der Waals surface area contributed by atoms with Crippen LogP contribution in [0.5, 0.6) is 0 Å². The van der Waals surface area contributed by atoms with E-state index in [1.165, 1.54) is 17.4 Å². The van der Waals surface area contributed by atoms with E-state index in [0.29, 0.717) is 15.3 Å². The number of nitro groups is 1. The molecule has 0 aliphatic heterocycles. The Hall–Kier alpha value is -2.47. The molecule has 1 aromatic heterocycles. The van der Waals surface area contributed by atoms with Gasteiger partial charge < -0.3 is 5.32 Å². The molecule has 0 unspecified atom stereocenters. The maximum Gasteiger partial charge on any atom is 0.288 e. The molecule has 0 fully saturated rings. The number of non-ortho nitro benzene ring substituents is 1. The van der Waals surface area contributed by atoms with Crippen LogP contribution in [0.25, 0.3) is 10.2 Å². The summed E-state index contributed by atoms with van der Waals surface area (Å²) in [5.41, 5.74) is 1.64. The Bertz CT molecular complexity index is 740. The average Bonchev–Trinajstić information content (AvgIpc) is 2.81. The van der Waals surface area contributed by atoms with Crippen molar-refractivity contribution in [2.24, 2.45) is 0 Å². The second-order valence-electron chi connectivity index (χ2n) is 3.89. The van der Waals surface area contributed by atoms with Crippen LogP contribution in [0, 0.1) is 10.1 Å². The molecule has 0 saturated heterocycles. The largest absolute Gasteiger partial charge is 0.332 e. The van der Waals surface area contributed by atoms with Crippen molar-refractivity contribution in [3.05, 3.63) is 58.6 Å².